The fraction of sp³-hybridized carbons (Fsp3) is 0.200. The minimum Gasteiger partial charge on any atom is -0.207 e. The molecule has 0 fully saturated rings. The molecule has 0 amide bonds. The summed E-state index contributed by atoms with van der Waals surface area (Å²) in [5, 5.41) is -0.311. The maximum absolute atomic E-state index is 12.9. The summed E-state index contributed by atoms with van der Waals surface area (Å²) in [7, 11) is -3.05. The Hall–Kier alpha value is -1.64. The number of hydrogen-bond donors (Lipinski definition) is 0. The second-order valence-electron chi connectivity index (χ2n) is 5.03. The lowest BCUT2D eigenvalue weighted by molar-refractivity contribution is -0.137. The quantitative estimate of drug-likeness (QED) is 0.740. The first-order valence-corrected chi connectivity index (χ1v) is 8.41. The van der Waals surface area contributed by atoms with E-state index in [1.165, 1.54) is 19.2 Å². The van der Waals surface area contributed by atoms with E-state index in [4.69, 9.17) is 11.6 Å². The summed E-state index contributed by atoms with van der Waals surface area (Å²) in [5.41, 5.74) is -0.633. The fourth-order valence-electron chi connectivity index (χ4n) is 1.98. The molecule has 0 aromatic heterocycles. The van der Waals surface area contributed by atoms with Crippen LogP contribution in [-0.4, -0.2) is 19.8 Å². The topological polar surface area (TPSA) is 37.4 Å². The van der Waals surface area contributed by atoms with Crippen LogP contribution in [0.25, 0.3) is 0 Å². The highest BCUT2D eigenvalue weighted by Crippen LogP contribution is 2.34. The molecule has 0 saturated carbocycles. The van der Waals surface area contributed by atoms with Gasteiger partial charge in [-0.3, -0.25) is 0 Å². The molecule has 0 bridgehead atoms. The van der Waals surface area contributed by atoms with E-state index in [9.17, 15) is 26.0 Å². The third-order valence-corrected chi connectivity index (χ3v) is 5.55. The van der Waals surface area contributed by atoms with Crippen LogP contribution >= 0.6 is 11.6 Å². The van der Waals surface area contributed by atoms with E-state index >= 15 is 0 Å². The minimum absolute atomic E-state index is 0.144. The largest absolute Gasteiger partial charge is 0.416 e. The van der Waals surface area contributed by atoms with Gasteiger partial charge in [-0.2, -0.15) is 17.5 Å². The molecule has 24 heavy (non-hydrogen) atoms. The second kappa shape index (κ2) is 6.70. The molecule has 0 radical (unpaired) electrons. The van der Waals surface area contributed by atoms with E-state index in [1.54, 1.807) is 0 Å². The highest BCUT2D eigenvalue weighted by molar-refractivity contribution is 7.89. The standard InChI is InChI=1S/C15H12ClF4NO2S/c1-21(9-10-2-5-12(17)6-3-10)24(22,23)14-8-11(15(18,19)20)4-7-13(14)16/h2-8H,9H2,1H3. The average Bonchev–Trinajstić information content (AvgIpc) is 2.48. The number of rotatable bonds is 4. The van der Waals surface area contributed by atoms with E-state index in [0.29, 0.717) is 17.7 Å². The molecule has 0 aliphatic carbocycles. The zero-order valence-electron chi connectivity index (χ0n) is 12.3. The number of nitrogens with zero attached hydrogens (tertiary/aromatic N) is 1. The van der Waals surface area contributed by atoms with Crippen LogP contribution in [0.1, 0.15) is 11.1 Å². The Balaban J connectivity index is 2.37. The molecular formula is C15H12ClF4NO2S. The van der Waals surface area contributed by atoms with Crippen LogP contribution in [0.3, 0.4) is 0 Å². The maximum atomic E-state index is 12.9. The Morgan fingerprint density at radius 3 is 2.21 bits per heavy atom. The normalized spacial score (nSPS) is 12.6. The maximum Gasteiger partial charge on any atom is 0.416 e. The molecule has 3 nitrogen and oxygen atoms in total. The van der Waals surface area contributed by atoms with Crippen molar-refractivity contribution in [2.45, 2.75) is 17.6 Å². The molecule has 2 rings (SSSR count). The molecule has 0 unspecified atom stereocenters. The molecule has 2 aromatic rings. The Morgan fingerprint density at radius 2 is 1.67 bits per heavy atom. The van der Waals surface area contributed by atoms with Crippen molar-refractivity contribution in [3.8, 4) is 0 Å². The van der Waals surface area contributed by atoms with Gasteiger partial charge in [-0.05, 0) is 35.9 Å². The van der Waals surface area contributed by atoms with Crippen LogP contribution in [0.2, 0.25) is 5.02 Å². The minimum atomic E-state index is -4.69. The summed E-state index contributed by atoms with van der Waals surface area (Å²) < 4.78 is 77.1. The van der Waals surface area contributed by atoms with E-state index in [1.807, 2.05) is 0 Å². The Bertz CT molecular complexity index is 836. The molecular weight excluding hydrogens is 370 g/mol. The molecule has 2 aromatic carbocycles. The van der Waals surface area contributed by atoms with Crippen LogP contribution in [0.4, 0.5) is 17.6 Å². The molecule has 0 saturated heterocycles. The SMILES string of the molecule is CN(Cc1ccc(F)cc1)S(=O)(=O)c1cc(C(F)(F)F)ccc1Cl. The zero-order valence-corrected chi connectivity index (χ0v) is 13.9. The lowest BCUT2D eigenvalue weighted by Crippen LogP contribution is -2.27. The molecule has 130 valence electrons. The van der Waals surface area contributed by atoms with Gasteiger partial charge in [-0.1, -0.05) is 23.7 Å². The summed E-state index contributed by atoms with van der Waals surface area (Å²) in [4.78, 5) is -0.636. The molecule has 9 heteroatoms. The van der Waals surface area contributed by atoms with Gasteiger partial charge in [-0.25, -0.2) is 12.8 Å². The number of benzene rings is 2. The van der Waals surface area contributed by atoms with Crippen LogP contribution in [0.15, 0.2) is 47.4 Å². The van der Waals surface area contributed by atoms with Gasteiger partial charge in [0, 0.05) is 13.6 Å². The number of hydrogen-bond acceptors (Lipinski definition) is 2. The monoisotopic (exact) mass is 381 g/mol. The van der Waals surface area contributed by atoms with E-state index < -0.39 is 32.5 Å². The predicted molar refractivity (Wildman–Crippen MR) is 81.5 cm³/mol. The van der Waals surface area contributed by atoms with Crippen LogP contribution in [0.5, 0.6) is 0 Å². The molecule has 0 aliphatic heterocycles. The molecule has 0 spiro atoms. The number of alkyl halides is 3. The highest BCUT2D eigenvalue weighted by Gasteiger charge is 2.33. The van der Waals surface area contributed by atoms with Crippen molar-refractivity contribution in [1.29, 1.82) is 0 Å². The molecule has 0 aliphatic rings. The molecule has 0 N–H and O–H groups in total. The van der Waals surface area contributed by atoms with Crippen LogP contribution < -0.4 is 0 Å². The zero-order chi connectivity index (χ0) is 18.1. The van der Waals surface area contributed by atoms with Gasteiger partial charge in [0.2, 0.25) is 10.0 Å². The predicted octanol–water partition coefficient (Wildman–Crippen LogP) is 4.32. The Kier molecular flexibility index (Phi) is 5.22. The van der Waals surface area contributed by atoms with E-state index in [2.05, 4.69) is 0 Å². The van der Waals surface area contributed by atoms with Crippen molar-refractivity contribution in [1.82, 2.24) is 4.31 Å². The van der Waals surface area contributed by atoms with Gasteiger partial charge >= 0.3 is 6.18 Å². The average molecular weight is 382 g/mol. The third-order valence-electron chi connectivity index (χ3n) is 3.27. The summed E-state index contributed by atoms with van der Waals surface area (Å²) in [5.74, 6) is -0.481. The van der Waals surface area contributed by atoms with Crippen molar-refractivity contribution in [3.05, 3.63) is 64.4 Å². The summed E-state index contributed by atoms with van der Waals surface area (Å²) >= 11 is 5.78. The second-order valence-corrected chi connectivity index (χ2v) is 7.45. The van der Waals surface area contributed by atoms with Gasteiger partial charge in [-0.15, -0.1) is 0 Å². The lowest BCUT2D eigenvalue weighted by Gasteiger charge is -2.19. The van der Waals surface area contributed by atoms with Crippen molar-refractivity contribution in [2.24, 2.45) is 0 Å². The van der Waals surface area contributed by atoms with Gasteiger partial charge in [0.15, 0.2) is 0 Å². The Labute approximate surface area is 141 Å². The summed E-state index contributed by atoms with van der Waals surface area (Å²) in [6.45, 7) is -0.144. The van der Waals surface area contributed by atoms with Gasteiger partial charge in [0.25, 0.3) is 0 Å². The molecule has 0 atom stereocenters. The van der Waals surface area contributed by atoms with Crippen LogP contribution in [0, 0.1) is 5.82 Å². The third kappa shape index (κ3) is 4.06. The van der Waals surface area contributed by atoms with E-state index in [0.717, 1.165) is 22.5 Å². The fourth-order valence-corrected chi connectivity index (χ4v) is 3.63. The van der Waals surface area contributed by atoms with Crippen molar-refractivity contribution in [2.75, 3.05) is 7.05 Å². The van der Waals surface area contributed by atoms with Crippen molar-refractivity contribution in [3.63, 3.8) is 0 Å². The van der Waals surface area contributed by atoms with E-state index in [-0.39, 0.29) is 11.6 Å². The first kappa shape index (κ1) is 18.7. The number of halogens is 5. The van der Waals surface area contributed by atoms with Gasteiger partial charge < -0.3 is 0 Å². The van der Waals surface area contributed by atoms with Crippen molar-refractivity contribution >= 4 is 21.6 Å². The molecule has 0 heterocycles. The summed E-state index contributed by atoms with van der Waals surface area (Å²) in [6.07, 6.45) is -4.69. The van der Waals surface area contributed by atoms with Gasteiger partial charge in [0.1, 0.15) is 10.7 Å². The van der Waals surface area contributed by atoms with Crippen molar-refractivity contribution < 1.29 is 26.0 Å². The first-order chi connectivity index (χ1) is 11.0. The lowest BCUT2D eigenvalue weighted by atomic mass is 10.2. The highest BCUT2D eigenvalue weighted by atomic mass is 35.5. The first-order valence-electron chi connectivity index (χ1n) is 6.59. The van der Waals surface area contributed by atoms with Gasteiger partial charge in [0.05, 0.1) is 10.6 Å². The Morgan fingerprint density at radius 1 is 1.08 bits per heavy atom. The summed E-state index contributed by atoms with van der Waals surface area (Å²) in [6, 6.07) is 7.19. The number of sulfonamides is 1. The van der Waals surface area contributed by atoms with Crippen LogP contribution in [-0.2, 0) is 22.7 Å². The smallest absolute Gasteiger partial charge is 0.207 e.